The summed E-state index contributed by atoms with van der Waals surface area (Å²) in [6.07, 6.45) is 7.57. The molecule has 24 heavy (non-hydrogen) atoms. The van der Waals surface area contributed by atoms with Crippen molar-refractivity contribution in [3.63, 3.8) is 0 Å². The van der Waals surface area contributed by atoms with Gasteiger partial charge in [0.2, 0.25) is 0 Å². The van der Waals surface area contributed by atoms with Crippen molar-refractivity contribution in [1.82, 2.24) is 4.90 Å². The van der Waals surface area contributed by atoms with E-state index < -0.39 is 5.60 Å². The number of nitrogens with zero attached hydrogens (tertiary/aromatic N) is 1. The minimum atomic E-state index is -1.06. The van der Waals surface area contributed by atoms with E-state index in [1.807, 2.05) is 23.1 Å². The summed E-state index contributed by atoms with van der Waals surface area (Å²) >= 11 is 0. The van der Waals surface area contributed by atoms with Crippen LogP contribution in [-0.4, -0.2) is 35.0 Å². The monoisotopic (exact) mass is 327 g/mol. The summed E-state index contributed by atoms with van der Waals surface area (Å²) in [5.41, 5.74) is 0.448. The van der Waals surface area contributed by atoms with Crippen LogP contribution in [0.5, 0.6) is 0 Å². The van der Waals surface area contributed by atoms with Crippen LogP contribution in [0.1, 0.15) is 61.4 Å². The molecule has 4 rings (SSSR count). The Kier molecular flexibility index (Phi) is 3.86. The normalized spacial score (nSPS) is 32.5. The molecule has 3 aliphatic rings. The molecule has 2 heterocycles. The Morgan fingerprint density at radius 3 is 2.79 bits per heavy atom. The van der Waals surface area contributed by atoms with Crippen LogP contribution in [0.4, 0.5) is 0 Å². The van der Waals surface area contributed by atoms with E-state index in [1.54, 1.807) is 13.0 Å². The van der Waals surface area contributed by atoms with E-state index in [2.05, 4.69) is 0 Å². The molecule has 1 amide bonds. The maximum atomic E-state index is 13.3. The number of hydrogen-bond acceptors (Lipinski definition) is 3. The van der Waals surface area contributed by atoms with E-state index >= 15 is 0 Å². The van der Waals surface area contributed by atoms with Gasteiger partial charge in [-0.25, -0.2) is 4.79 Å². The second kappa shape index (κ2) is 5.91. The Labute approximate surface area is 143 Å². The van der Waals surface area contributed by atoms with Crippen LogP contribution in [0, 0.1) is 5.92 Å². The predicted octanol–water partition coefficient (Wildman–Crippen LogP) is 3.34. The Bertz CT molecular complexity index is 669. The van der Waals surface area contributed by atoms with Crippen LogP contribution in [-0.2, 0) is 16.0 Å². The lowest BCUT2D eigenvalue weighted by Gasteiger charge is -2.47. The lowest BCUT2D eigenvalue weighted by molar-refractivity contribution is -0.157. The molecule has 1 saturated heterocycles. The van der Waals surface area contributed by atoms with Crippen molar-refractivity contribution in [3.05, 3.63) is 35.4 Å². The SMILES string of the molecule is CC1(C(=O)N2CCCC3CCCCC32)Cc2ccccc2C(=O)O1. The molecule has 4 nitrogen and oxygen atoms in total. The second-order valence-electron chi connectivity index (χ2n) is 7.71. The molecule has 2 fully saturated rings. The summed E-state index contributed by atoms with van der Waals surface area (Å²) in [6, 6.07) is 7.80. The zero-order valence-corrected chi connectivity index (χ0v) is 14.3. The van der Waals surface area contributed by atoms with E-state index in [0.29, 0.717) is 23.9 Å². The van der Waals surface area contributed by atoms with Crippen LogP contribution in [0.2, 0.25) is 0 Å². The van der Waals surface area contributed by atoms with E-state index in [1.165, 1.54) is 25.7 Å². The van der Waals surface area contributed by atoms with Gasteiger partial charge in [-0.15, -0.1) is 0 Å². The third-order valence-electron chi connectivity index (χ3n) is 6.04. The first-order chi connectivity index (χ1) is 11.6. The van der Waals surface area contributed by atoms with Crippen molar-refractivity contribution in [1.29, 1.82) is 0 Å². The highest BCUT2D eigenvalue weighted by molar-refractivity contribution is 5.97. The molecular formula is C20H25NO3. The summed E-state index contributed by atoms with van der Waals surface area (Å²) in [5.74, 6) is 0.262. The Balaban J connectivity index is 1.60. The van der Waals surface area contributed by atoms with Gasteiger partial charge in [0.15, 0.2) is 5.60 Å². The fraction of sp³-hybridized carbons (Fsp3) is 0.600. The number of carbonyl (C=O) groups is 2. The number of esters is 1. The highest BCUT2D eigenvalue weighted by atomic mass is 16.6. The van der Waals surface area contributed by atoms with Gasteiger partial charge in [0, 0.05) is 19.0 Å². The number of piperidine rings is 1. The minimum Gasteiger partial charge on any atom is -0.445 e. The van der Waals surface area contributed by atoms with Gasteiger partial charge in [0.1, 0.15) is 0 Å². The number of benzene rings is 1. The average Bonchev–Trinajstić information content (AvgIpc) is 2.60. The molecule has 3 atom stereocenters. The summed E-state index contributed by atoms with van der Waals surface area (Å²) in [6.45, 7) is 2.59. The number of ether oxygens (including phenoxy) is 1. The van der Waals surface area contributed by atoms with E-state index in [4.69, 9.17) is 4.74 Å². The molecule has 0 radical (unpaired) electrons. The van der Waals surface area contributed by atoms with Gasteiger partial charge in [0.25, 0.3) is 5.91 Å². The average molecular weight is 327 g/mol. The molecule has 128 valence electrons. The molecular weight excluding hydrogens is 302 g/mol. The van der Waals surface area contributed by atoms with Crippen LogP contribution in [0.25, 0.3) is 0 Å². The molecule has 1 aromatic rings. The number of carbonyl (C=O) groups excluding carboxylic acids is 2. The third kappa shape index (κ3) is 2.52. The van der Waals surface area contributed by atoms with Crippen LogP contribution in [0.15, 0.2) is 24.3 Å². The van der Waals surface area contributed by atoms with Crippen LogP contribution in [0.3, 0.4) is 0 Å². The molecule has 4 heteroatoms. The summed E-state index contributed by atoms with van der Waals surface area (Å²) in [7, 11) is 0. The van der Waals surface area contributed by atoms with E-state index in [0.717, 1.165) is 24.9 Å². The summed E-state index contributed by atoms with van der Waals surface area (Å²) in [4.78, 5) is 27.7. The molecule has 0 bridgehead atoms. The highest BCUT2D eigenvalue weighted by Crippen LogP contribution is 2.38. The van der Waals surface area contributed by atoms with E-state index in [9.17, 15) is 9.59 Å². The largest absolute Gasteiger partial charge is 0.445 e. The standard InChI is InChI=1S/C20H25NO3/c1-20(13-15-8-2-4-10-16(15)18(22)24-20)19(23)21-12-6-9-14-7-3-5-11-17(14)21/h2,4,8,10,14,17H,3,5-7,9,11-13H2,1H3. The van der Waals surface area contributed by atoms with Crippen molar-refractivity contribution in [2.45, 2.75) is 63.5 Å². The number of cyclic esters (lactones) is 1. The minimum absolute atomic E-state index is 0.00181. The zero-order chi connectivity index (χ0) is 16.7. The number of fused-ring (bicyclic) bond motifs is 2. The third-order valence-corrected chi connectivity index (χ3v) is 6.04. The van der Waals surface area contributed by atoms with Crippen molar-refractivity contribution in [2.75, 3.05) is 6.54 Å². The quantitative estimate of drug-likeness (QED) is 0.743. The van der Waals surface area contributed by atoms with Crippen LogP contribution >= 0.6 is 0 Å². The molecule has 0 aromatic heterocycles. The first-order valence-electron chi connectivity index (χ1n) is 9.21. The van der Waals surface area contributed by atoms with Crippen LogP contribution < -0.4 is 0 Å². The Hall–Kier alpha value is -1.84. The fourth-order valence-corrected chi connectivity index (χ4v) is 4.83. The van der Waals surface area contributed by atoms with Gasteiger partial charge in [-0.1, -0.05) is 31.0 Å². The van der Waals surface area contributed by atoms with E-state index in [-0.39, 0.29) is 11.9 Å². The molecule has 2 aliphatic heterocycles. The maximum absolute atomic E-state index is 13.3. The number of amides is 1. The number of rotatable bonds is 1. The van der Waals surface area contributed by atoms with Crippen molar-refractivity contribution in [3.8, 4) is 0 Å². The first-order valence-corrected chi connectivity index (χ1v) is 9.21. The van der Waals surface area contributed by atoms with Gasteiger partial charge in [-0.2, -0.15) is 0 Å². The predicted molar refractivity (Wildman–Crippen MR) is 90.7 cm³/mol. The fourth-order valence-electron chi connectivity index (χ4n) is 4.83. The summed E-state index contributed by atoms with van der Waals surface area (Å²) < 4.78 is 5.66. The smallest absolute Gasteiger partial charge is 0.339 e. The molecule has 3 unspecified atom stereocenters. The molecule has 1 saturated carbocycles. The Morgan fingerprint density at radius 2 is 1.92 bits per heavy atom. The van der Waals surface area contributed by atoms with Crippen molar-refractivity contribution >= 4 is 11.9 Å². The lowest BCUT2D eigenvalue weighted by Crippen LogP contribution is -2.59. The van der Waals surface area contributed by atoms with Gasteiger partial charge in [0.05, 0.1) is 5.56 Å². The van der Waals surface area contributed by atoms with Crippen molar-refractivity contribution < 1.29 is 14.3 Å². The van der Waals surface area contributed by atoms with Gasteiger partial charge >= 0.3 is 5.97 Å². The van der Waals surface area contributed by atoms with Gasteiger partial charge in [-0.05, 0) is 50.2 Å². The van der Waals surface area contributed by atoms with Gasteiger partial charge < -0.3 is 9.64 Å². The molecule has 0 N–H and O–H groups in total. The molecule has 1 aliphatic carbocycles. The number of likely N-dealkylation sites (tertiary alicyclic amines) is 1. The molecule has 1 aromatic carbocycles. The van der Waals surface area contributed by atoms with Crippen molar-refractivity contribution in [2.24, 2.45) is 5.92 Å². The maximum Gasteiger partial charge on any atom is 0.339 e. The lowest BCUT2D eigenvalue weighted by atomic mass is 9.77. The number of hydrogen-bond donors (Lipinski definition) is 0. The second-order valence-corrected chi connectivity index (χ2v) is 7.71. The van der Waals surface area contributed by atoms with Gasteiger partial charge in [-0.3, -0.25) is 4.79 Å². The zero-order valence-electron chi connectivity index (χ0n) is 14.3. The summed E-state index contributed by atoms with van der Waals surface area (Å²) in [5, 5.41) is 0. The highest BCUT2D eigenvalue weighted by Gasteiger charge is 2.48. The first kappa shape index (κ1) is 15.7. The molecule has 0 spiro atoms. The Morgan fingerprint density at radius 1 is 1.17 bits per heavy atom. The topological polar surface area (TPSA) is 46.6 Å².